The molecule has 4 N–H and O–H groups in total. The van der Waals surface area contributed by atoms with Crippen molar-refractivity contribution in [2.75, 3.05) is 5.73 Å². The molecule has 0 saturated carbocycles. The van der Waals surface area contributed by atoms with Crippen molar-refractivity contribution in [3.63, 3.8) is 0 Å². The van der Waals surface area contributed by atoms with E-state index in [1.54, 1.807) is 0 Å². The molecule has 4 nitrogen and oxygen atoms in total. The Morgan fingerprint density at radius 3 is 2.57 bits per heavy atom. The normalized spacial score (nSPS) is 10.6. The Kier molecular flexibility index (Phi) is 2.85. The summed E-state index contributed by atoms with van der Waals surface area (Å²) >= 11 is 5.43. The van der Waals surface area contributed by atoms with Gasteiger partial charge in [0.1, 0.15) is 5.69 Å². The maximum absolute atomic E-state index is 12.3. The Balaban J connectivity index is 3.34. The highest BCUT2D eigenvalue weighted by atomic mass is 35.5. The summed E-state index contributed by atoms with van der Waals surface area (Å²) in [5.74, 6) is -0.971. The Bertz CT molecular complexity index is 383. The van der Waals surface area contributed by atoms with Crippen LogP contribution in [0.15, 0.2) is 6.07 Å². The second-order valence-electron chi connectivity index (χ2n) is 2.46. The number of pyridine rings is 1. The number of nitrogens with zero attached hydrogens (tertiary/aromatic N) is 1. The zero-order chi connectivity index (χ0) is 10.9. The number of nitrogens with two attached hydrogens (primary N) is 2. The quantitative estimate of drug-likeness (QED) is 0.791. The zero-order valence-corrected chi connectivity index (χ0v) is 7.55. The number of alkyl halides is 2. The fraction of sp³-hybridized carbons (Fsp3) is 0.143. The highest BCUT2D eigenvalue weighted by Gasteiger charge is 2.18. The molecule has 1 heterocycles. The highest BCUT2D eigenvalue weighted by molar-refractivity contribution is 6.31. The van der Waals surface area contributed by atoms with E-state index in [1.807, 2.05) is 0 Å². The summed E-state index contributed by atoms with van der Waals surface area (Å²) in [5.41, 5.74) is 8.95. The Morgan fingerprint density at radius 1 is 1.57 bits per heavy atom. The molecule has 7 heteroatoms. The van der Waals surface area contributed by atoms with Crippen molar-refractivity contribution in [1.29, 1.82) is 0 Å². The van der Waals surface area contributed by atoms with E-state index < -0.39 is 23.7 Å². The first-order chi connectivity index (χ1) is 6.43. The van der Waals surface area contributed by atoms with Gasteiger partial charge in [-0.3, -0.25) is 4.79 Å². The third-order valence-electron chi connectivity index (χ3n) is 1.47. The van der Waals surface area contributed by atoms with Gasteiger partial charge in [0.15, 0.2) is 5.69 Å². The minimum Gasteiger partial charge on any atom is -0.397 e. The van der Waals surface area contributed by atoms with E-state index in [1.165, 1.54) is 0 Å². The molecule has 1 amide bonds. The number of amides is 1. The summed E-state index contributed by atoms with van der Waals surface area (Å²) in [5, 5.41) is -0.289. The number of anilines is 1. The molecule has 0 atom stereocenters. The van der Waals surface area contributed by atoms with Crippen molar-refractivity contribution in [1.82, 2.24) is 4.98 Å². The second-order valence-corrected chi connectivity index (χ2v) is 2.87. The molecule has 0 spiro atoms. The van der Waals surface area contributed by atoms with Gasteiger partial charge in [0.25, 0.3) is 12.3 Å². The Labute approximate surface area is 82.9 Å². The summed E-state index contributed by atoms with van der Waals surface area (Å²) in [6, 6.07) is 1.02. The lowest BCUT2D eigenvalue weighted by Gasteiger charge is -2.06. The number of aromatic nitrogens is 1. The number of hydrogen-bond donors (Lipinski definition) is 2. The van der Waals surface area contributed by atoms with Crippen molar-refractivity contribution in [2.24, 2.45) is 5.73 Å². The first-order valence-corrected chi connectivity index (χ1v) is 3.85. The van der Waals surface area contributed by atoms with Crippen LogP contribution >= 0.6 is 11.6 Å². The van der Waals surface area contributed by atoms with Crippen LogP contribution in [-0.2, 0) is 0 Å². The SMILES string of the molecule is NC(=O)c1nc(C(F)F)c(Cl)cc1N. The molecule has 0 fully saturated rings. The minimum absolute atomic E-state index is 0.119. The molecule has 0 radical (unpaired) electrons. The van der Waals surface area contributed by atoms with E-state index >= 15 is 0 Å². The molecule has 0 bridgehead atoms. The molecule has 0 aliphatic carbocycles. The maximum atomic E-state index is 12.3. The van der Waals surface area contributed by atoms with Crippen LogP contribution in [0.2, 0.25) is 5.02 Å². The van der Waals surface area contributed by atoms with Crippen LogP contribution in [0.3, 0.4) is 0 Å². The standard InChI is InChI=1S/C7H6ClF2N3O/c8-2-1-3(11)5(7(12)14)13-4(2)6(9)10/h1,6H,11H2,(H2,12,14). The Hall–Kier alpha value is -1.43. The fourth-order valence-electron chi connectivity index (χ4n) is 0.868. The molecule has 1 rings (SSSR count). The summed E-state index contributed by atoms with van der Waals surface area (Å²) in [7, 11) is 0. The van der Waals surface area contributed by atoms with Crippen molar-refractivity contribution >= 4 is 23.2 Å². The topological polar surface area (TPSA) is 82.0 Å². The first kappa shape index (κ1) is 10.6. The first-order valence-electron chi connectivity index (χ1n) is 3.47. The number of nitrogen functional groups attached to an aromatic ring is 1. The van der Waals surface area contributed by atoms with Gasteiger partial charge in [-0.2, -0.15) is 0 Å². The van der Waals surface area contributed by atoms with E-state index in [4.69, 9.17) is 23.1 Å². The molecule has 1 aromatic rings. The van der Waals surface area contributed by atoms with Gasteiger partial charge in [-0.1, -0.05) is 11.6 Å². The van der Waals surface area contributed by atoms with Gasteiger partial charge in [-0.05, 0) is 6.07 Å². The zero-order valence-electron chi connectivity index (χ0n) is 6.80. The number of carbonyl (C=O) groups is 1. The van der Waals surface area contributed by atoms with Crippen molar-refractivity contribution in [3.05, 3.63) is 22.5 Å². The molecule has 14 heavy (non-hydrogen) atoms. The van der Waals surface area contributed by atoms with Gasteiger partial charge < -0.3 is 11.5 Å². The van der Waals surface area contributed by atoms with Gasteiger partial charge in [-0.25, -0.2) is 13.8 Å². The monoisotopic (exact) mass is 221 g/mol. The average Bonchev–Trinajstić information content (AvgIpc) is 2.02. The van der Waals surface area contributed by atoms with Crippen LogP contribution in [0.25, 0.3) is 0 Å². The number of rotatable bonds is 2. The predicted molar refractivity (Wildman–Crippen MR) is 47.1 cm³/mol. The Morgan fingerprint density at radius 2 is 2.14 bits per heavy atom. The number of primary amides is 1. The van der Waals surface area contributed by atoms with Crippen molar-refractivity contribution < 1.29 is 13.6 Å². The van der Waals surface area contributed by atoms with Crippen LogP contribution in [0.1, 0.15) is 22.6 Å². The minimum atomic E-state index is -2.87. The summed E-state index contributed by atoms with van der Waals surface area (Å²) < 4.78 is 24.5. The number of carbonyl (C=O) groups excluding carboxylic acids is 1. The lowest BCUT2D eigenvalue weighted by Crippen LogP contribution is -2.17. The molecule has 0 saturated heterocycles. The van der Waals surface area contributed by atoms with Crippen molar-refractivity contribution in [2.45, 2.75) is 6.43 Å². The highest BCUT2D eigenvalue weighted by Crippen LogP contribution is 2.27. The van der Waals surface area contributed by atoms with Crippen LogP contribution in [0.4, 0.5) is 14.5 Å². The lowest BCUT2D eigenvalue weighted by atomic mass is 10.2. The smallest absolute Gasteiger partial charge is 0.281 e. The van der Waals surface area contributed by atoms with E-state index in [9.17, 15) is 13.6 Å². The van der Waals surface area contributed by atoms with E-state index in [-0.39, 0.29) is 10.7 Å². The van der Waals surface area contributed by atoms with Gasteiger partial charge in [0, 0.05) is 0 Å². The summed E-state index contributed by atoms with van der Waals surface area (Å²) in [6.07, 6.45) is -2.87. The second kappa shape index (κ2) is 3.75. The molecule has 76 valence electrons. The number of halogens is 3. The van der Waals surface area contributed by atoms with Crippen LogP contribution < -0.4 is 11.5 Å². The van der Waals surface area contributed by atoms with Gasteiger partial charge >= 0.3 is 0 Å². The van der Waals surface area contributed by atoms with Crippen LogP contribution in [0.5, 0.6) is 0 Å². The third kappa shape index (κ3) is 1.90. The molecule has 0 unspecified atom stereocenters. The maximum Gasteiger partial charge on any atom is 0.281 e. The van der Waals surface area contributed by atoms with Gasteiger partial charge in [0.2, 0.25) is 0 Å². The van der Waals surface area contributed by atoms with Crippen molar-refractivity contribution in [3.8, 4) is 0 Å². The fourth-order valence-corrected chi connectivity index (χ4v) is 1.11. The van der Waals surface area contributed by atoms with E-state index in [0.29, 0.717) is 0 Å². The van der Waals surface area contributed by atoms with Gasteiger partial charge in [-0.15, -0.1) is 0 Å². The van der Waals surface area contributed by atoms with E-state index in [2.05, 4.69) is 4.98 Å². The molecule has 1 aromatic heterocycles. The largest absolute Gasteiger partial charge is 0.397 e. The summed E-state index contributed by atoms with van der Waals surface area (Å²) in [4.78, 5) is 14.0. The van der Waals surface area contributed by atoms with Crippen LogP contribution in [0, 0.1) is 0 Å². The average molecular weight is 222 g/mol. The molecular weight excluding hydrogens is 216 g/mol. The van der Waals surface area contributed by atoms with Gasteiger partial charge in [0.05, 0.1) is 10.7 Å². The van der Waals surface area contributed by atoms with E-state index in [0.717, 1.165) is 6.07 Å². The predicted octanol–water partition coefficient (Wildman–Crippen LogP) is 1.35. The summed E-state index contributed by atoms with van der Waals surface area (Å²) in [6.45, 7) is 0. The van der Waals surface area contributed by atoms with Crippen LogP contribution in [-0.4, -0.2) is 10.9 Å². The molecular formula is C7H6ClF2N3O. The molecule has 0 aliphatic heterocycles. The molecule has 0 aromatic carbocycles. The lowest BCUT2D eigenvalue weighted by molar-refractivity contribution is 0.0994. The third-order valence-corrected chi connectivity index (χ3v) is 1.78. The molecule has 0 aliphatic rings. The number of hydrogen-bond acceptors (Lipinski definition) is 3.